The lowest BCUT2D eigenvalue weighted by molar-refractivity contribution is 0.102. The van der Waals surface area contributed by atoms with Crippen LogP contribution in [0.25, 0.3) is 0 Å². The summed E-state index contributed by atoms with van der Waals surface area (Å²) in [5, 5.41) is 3.26. The Hall–Kier alpha value is -2.47. The Morgan fingerprint density at radius 3 is 2.50 bits per heavy atom. The number of hydrogen-bond donors (Lipinski definition) is 1. The maximum absolute atomic E-state index is 12.7. The molecule has 1 N–H and O–H groups in total. The van der Waals surface area contributed by atoms with Crippen LogP contribution in [0.5, 0.6) is 11.5 Å². The van der Waals surface area contributed by atoms with Crippen molar-refractivity contribution in [1.29, 1.82) is 0 Å². The summed E-state index contributed by atoms with van der Waals surface area (Å²) >= 11 is 6.11. The Labute approximate surface area is 158 Å². The third-order valence-corrected chi connectivity index (χ3v) is 4.72. The molecule has 2 aromatic rings. The number of piperidine rings is 1. The summed E-state index contributed by atoms with van der Waals surface area (Å²) in [5.74, 6) is 0.659. The third-order valence-electron chi connectivity index (χ3n) is 4.43. The predicted molar refractivity (Wildman–Crippen MR) is 103 cm³/mol. The molecule has 7 heteroatoms. The first kappa shape index (κ1) is 18.3. The number of ether oxygens (including phenoxy) is 2. The van der Waals surface area contributed by atoms with E-state index in [1.165, 1.54) is 20.6 Å². The lowest BCUT2D eigenvalue weighted by atomic mass is 10.1. The number of carbonyl (C=O) groups is 1. The minimum Gasteiger partial charge on any atom is -0.495 e. The molecule has 1 aromatic carbocycles. The van der Waals surface area contributed by atoms with E-state index in [9.17, 15) is 4.79 Å². The lowest BCUT2D eigenvalue weighted by Gasteiger charge is -2.28. The number of anilines is 2. The van der Waals surface area contributed by atoms with Crippen molar-refractivity contribution in [1.82, 2.24) is 4.98 Å². The average Bonchev–Trinajstić information content (AvgIpc) is 2.69. The molecular weight excluding hydrogens is 354 g/mol. The monoisotopic (exact) mass is 375 g/mol. The number of benzene rings is 1. The molecule has 0 unspecified atom stereocenters. The highest BCUT2D eigenvalue weighted by atomic mass is 35.5. The second-order valence-electron chi connectivity index (χ2n) is 6.12. The third kappa shape index (κ3) is 4.02. The van der Waals surface area contributed by atoms with Gasteiger partial charge in [-0.25, -0.2) is 0 Å². The zero-order valence-electron chi connectivity index (χ0n) is 14.9. The zero-order valence-corrected chi connectivity index (χ0v) is 15.7. The van der Waals surface area contributed by atoms with Gasteiger partial charge in [-0.05, 0) is 25.3 Å². The second-order valence-corrected chi connectivity index (χ2v) is 6.53. The van der Waals surface area contributed by atoms with Crippen molar-refractivity contribution in [2.24, 2.45) is 0 Å². The van der Waals surface area contributed by atoms with Gasteiger partial charge in [0.05, 0.1) is 42.4 Å². The van der Waals surface area contributed by atoms with Crippen LogP contribution >= 0.6 is 11.6 Å². The summed E-state index contributed by atoms with van der Waals surface area (Å²) in [7, 11) is 3.04. The van der Waals surface area contributed by atoms with E-state index in [-0.39, 0.29) is 5.91 Å². The molecule has 0 spiro atoms. The fourth-order valence-corrected chi connectivity index (χ4v) is 3.26. The number of aromatic nitrogens is 1. The Balaban J connectivity index is 1.82. The molecular formula is C19H22ClN3O3. The van der Waals surface area contributed by atoms with Gasteiger partial charge in [-0.2, -0.15) is 0 Å². The summed E-state index contributed by atoms with van der Waals surface area (Å²) in [6, 6.07) is 5.12. The number of amides is 1. The van der Waals surface area contributed by atoms with Gasteiger partial charge in [0.15, 0.2) is 0 Å². The first-order valence-corrected chi connectivity index (χ1v) is 8.93. The molecule has 0 atom stereocenters. The molecule has 1 amide bonds. The molecule has 0 aliphatic carbocycles. The number of carbonyl (C=O) groups excluding carboxylic acids is 1. The number of methoxy groups -OCH3 is 2. The van der Waals surface area contributed by atoms with E-state index < -0.39 is 0 Å². The Bertz CT molecular complexity index is 792. The molecule has 1 saturated heterocycles. The summed E-state index contributed by atoms with van der Waals surface area (Å²) in [6.07, 6.45) is 6.94. The Morgan fingerprint density at radius 2 is 1.81 bits per heavy atom. The van der Waals surface area contributed by atoms with Crippen molar-refractivity contribution in [3.05, 3.63) is 41.2 Å². The van der Waals surface area contributed by atoms with Crippen LogP contribution in [-0.4, -0.2) is 38.2 Å². The molecule has 0 bridgehead atoms. The van der Waals surface area contributed by atoms with Crippen LogP contribution in [0, 0.1) is 0 Å². The number of halogens is 1. The fraction of sp³-hybridized carbons (Fsp3) is 0.368. The molecule has 2 heterocycles. The van der Waals surface area contributed by atoms with Gasteiger partial charge < -0.3 is 19.7 Å². The standard InChI is InChI=1S/C19H22ClN3O3/c1-25-17-10-16(18(26-2)9-15(17)20)22-19(24)13-8-14(12-21-11-13)23-6-4-3-5-7-23/h8-12H,3-7H2,1-2H3,(H,22,24). The second kappa shape index (κ2) is 8.27. The highest BCUT2D eigenvalue weighted by molar-refractivity contribution is 6.32. The van der Waals surface area contributed by atoms with E-state index in [0.717, 1.165) is 31.6 Å². The van der Waals surface area contributed by atoms with Crippen molar-refractivity contribution >= 4 is 28.9 Å². The molecule has 1 aliphatic rings. The van der Waals surface area contributed by atoms with Crippen LogP contribution in [0.1, 0.15) is 29.6 Å². The first-order chi connectivity index (χ1) is 12.6. The van der Waals surface area contributed by atoms with E-state index >= 15 is 0 Å². The van der Waals surface area contributed by atoms with Crippen molar-refractivity contribution < 1.29 is 14.3 Å². The average molecular weight is 376 g/mol. The summed E-state index contributed by atoms with van der Waals surface area (Å²) in [5.41, 5.74) is 1.95. The van der Waals surface area contributed by atoms with Crippen molar-refractivity contribution in [3.63, 3.8) is 0 Å². The summed E-state index contributed by atoms with van der Waals surface area (Å²) < 4.78 is 10.5. The zero-order chi connectivity index (χ0) is 18.5. The van der Waals surface area contributed by atoms with E-state index in [1.807, 2.05) is 6.07 Å². The minimum atomic E-state index is -0.265. The van der Waals surface area contributed by atoms with Crippen LogP contribution in [0.4, 0.5) is 11.4 Å². The fourth-order valence-electron chi connectivity index (χ4n) is 3.03. The molecule has 138 valence electrons. The van der Waals surface area contributed by atoms with Crippen LogP contribution in [0.3, 0.4) is 0 Å². The van der Waals surface area contributed by atoms with E-state index in [0.29, 0.717) is 27.8 Å². The van der Waals surface area contributed by atoms with Crippen molar-refractivity contribution in [2.45, 2.75) is 19.3 Å². The quantitative estimate of drug-likeness (QED) is 0.855. The minimum absolute atomic E-state index is 0.265. The Kier molecular flexibility index (Phi) is 5.83. The first-order valence-electron chi connectivity index (χ1n) is 8.55. The lowest BCUT2D eigenvalue weighted by Crippen LogP contribution is -2.29. The topological polar surface area (TPSA) is 63.7 Å². The molecule has 0 saturated carbocycles. The highest BCUT2D eigenvalue weighted by Gasteiger charge is 2.16. The van der Waals surface area contributed by atoms with Gasteiger partial charge >= 0.3 is 0 Å². The number of hydrogen-bond acceptors (Lipinski definition) is 5. The van der Waals surface area contributed by atoms with Crippen molar-refractivity contribution in [2.75, 3.05) is 37.5 Å². The number of rotatable bonds is 5. The van der Waals surface area contributed by atoms with Gasteiger partial charge in [-0.3, -0.25) is 9.78 Å². The summed E-state index contributed by atoms with van der Waals surface area (Å²) in [4.78, 5) is 19.2. The van der Waals surface area contributed by atoms with Crippen LogP contribution in [-0.2, 0) is 0 Å². The largest absolute Gasteiger partial charge is 0.495 e. The van der Waals surface area contributed by atoms with E-state index in [2.05, 4.69) is 15.2 Å². The molecule has 0 radical (unpaired) electrons. The Morgan fingerprint density at radius 1 is 1.08 bits per heavy atom. The van der Waals surface area contributed by atoms with Gasteiger partial charge in [0.1, 0.15) is 11.5 Å². The molecule has 1 aromatic heterocycles. The van der Waals surface area contributed by atoms with Crippen LogP contribution in [0.2, 0.25) is 5.02 Å². The maximum atomic E-state index is 12.7. The van der Waals surface area contributed by atoms with Gasteiger partial charge in [0.2, 0.25) is 0 Å². The van der Waals surface area contributed by atoms with Gasteiger partial charge in [-0.1, -0.05) is 11.6 Å². The highest BCUT2D eigenvalue weighted by Crippen LogP contribution is 2.36. The van der Waals surface area contributed by atoms with Gasteiger partial charge in [0, 0.05) is 31.4 Å². The molecule has 1 aliphatic heterocycles. The van der Waals surface area contributed by atoms with E-state index in [4.69, 9.17) is 21.1 Å². The smallest absolute Gasteiger partial charge is 0.257 e. The van der Waals surface area contributed by atoms with Crippen molar-refractivity contribution in [3.8, 4) is 11.5 Å². The molecule has 6 nitrogen and oxygen atoms in total. The molecule has 3 rings (SSSR count). The molecule has 1 fully saturated rings. The van der Waals surface area contributed by atoms with Crippen LogP contribution in [0.15, 0.2) is 30.6 Å². The number of nitrogens with zero attached hydrogens (tertiary/aromatic N) is 2. The predicted octanol–water partition coefficient (Wildman–Crippen LogP) is 3.99. The van der Waals surface area contributed by atoms with Gasteiger partial charge in [0.25, 0.3) is 5.91 Å². The normalized spacial score (nSPS) is 14.0. The number of nitrogens with one attached hydrogen (secondary N) is 1. The maximum Gasteiger partial charge on any atom is 0.257 e. The molecule has 26 heavy (non-hydrogen) atoms. The SMILES string of the molecule is COc1cc(NC(=O)c2cncc(N3CCCCC3)c2)c(OC)cc1Cl. The number of pyridine rings is 1. The van der Waals surface area contributed by atoms with Crippen LogP contribution < -0.4 is 19.7 Å². The van der Waals surface area contributed by atoms with Gasteiger partial charge in [-0.15, -0.1) is 0 Å². The summed E-state index contributed by atoms with van der Waals surface area (Å²) in [6.45, 7) is 1.99. The van der Waals surface area contributed by atoms with E-state index in [1.54, 1.807) is 24.5 Å².